The molecule has 0 aliphatic heterocycles. The number of carbonyl (C=O) groups is 2. The molecule has 0 unspecified atom stereocenters. The maximum absolute atomic E-state index is 12.9. The largest absolute Gasteiger partial charge is 0.465 e. The van der Waals surface area contributed by atoms with Crippen LogP contribution in [0.5, 0.6) is 0 Å². The average molecular weight is 390 g/mol. The first-order valence-electron chi connectivity index (χ1n) is 8.91. The second-order valence-corrected chi connectivity index (χ2v) is 7.26. The van der Waals surface area contributed by atoms with Crippen LogP contribution >= 0.6 is 11.3 Å². The highest BCUT2D eigenvalue weighted by molar-refractivity contribution is 7.16. The van der Waals surface area contributed by atoms with Crippen LogP contribution in [0.3, 0.4) is 0 Å². The third-order valence-corrected chi connectivity index (χ3v) is 5.68. The van der Waals surface area contributed by atoms with E-state index in [1.54, 1.807) is 18.2 Å². The molecule has 0 bridgehead atoms. The van der Waals surface area contributed by atoms with Crippen LogP contribution in [-0.4, -0.2) is 23.6 Å². The maximum Gasteiger partial charge on any atom is 0.337 e. The topological polar surface area (TPSA) is 60.7 Å². The Hall–Kier alpha value is -3.25. The van der Waals surface area contributed by atoms with Crippen molar-refractivity contribution < 1.29 is 14.3 Å². The molecule has 0 saturated carbocycles. The van der Waals surface area contributed by atoms with Crippen molar-refractivity contribution in [2.75, 3.05) is 7.11 Å². The van der Waals surface area contributed by atoms with E-state index in [4.69, 9.17) is 4.74 Å². The first-order valence-corrected chi connectivity index (χ1v) is 9.72. The lowest BCUT2D eigenvalue weighted by molar-refractivity contribution is 0.0601. The molecule has 6 heteroatoms. The van der Waals surface area contributed by atoms with Gasteiger partial charge in [-0.05, 0) is 42.0 Å². The Kier molecular flexibility index (Phi) is 4.79. The first-order chi connectivity index (χ1) is 13.6. The number of fused-ring (bicyclic) bond motifs is 2. The molecule has 4 rings (SSSR count). The minimum absolute atomic E-state index is 0.279. The van der Waals surface area contributed by atoms with Crippen LogP contribution in [0.1, 0.15) is 27.6 Å². The number of rotatable bonds is 3. The SMILES string of the molecule is CCn1c(=NC(=O)c2cccc3ccccc23)sc2cc(C(=O)OC)ccc21. The number of thiazole rings is 1. The van der Waals surface area contributed by atoms with Crippen molar-refractivity contribution >= 4 is 44.2 Å². The smallest absolute Gasteiger partial charge is 0.337 e. The van der Waals surface area contributed by atoms with Crippen LogP contribution in [0.4, 0.5) is 0 Å². The summed E-state index contributed by atoms with van der Waals surface area (Å²) in [6, 6.07) is 18.8. The van der Waals surface area contributed by atoms with E-state index < -0.39 is 0 Å². The Morgan fingerprint density at radius 3 is 2.64 bits per heavy atom. The number of benzene rings is 3. The summed E-state index contributed by atoms with van der Waals surface area (Å²) in [4.78, 5) is 29.8. The van der Waals surface area contributed by atoms with Crippen LogP contribution in [0.25, 0.3) is 21.0 Å². The van der Waals surface area contributed by atoms with E-state index in [0.717, 1.165) is 21.0 Å². The van der Waals surface area contributed by atoms with E-state index in [1.807, 2.05) is 54.0 Å². The predicted molar refractivity (Wildman–Crippen MR) is 111 cm³/mol. The summed E-state index contributed by atoms with van der Waals surface area (Å²) in [7, 11) is 1.36. The van der Waals surface area contributed by atoms with Gasteiger partial charge in [0.15, 0.2) is 4.80 Å². The molecule has 0 spiro atoms. The lowest BCUT2D eigenvalue weighted by Gasteiger charge is -2.03. The van der Waals surface area contributed by atoms with E-state index in [1.165, 1.54) is 18.4 Å². The summed E-state index contributed by atoms with van der Waals surface area (Å²) in [5.74, 6) is -0.664. The molecule has 0 aliphatic rings. The molecule has 0 aliphatic carbocycles. The van der Waals surface area contributed by atoms with E-state index in [-0.39, 0.29) is 11.9 Å². The molecular weight excluding hydrogens is 372 g/mol. The van der Waals surface area contributed by atoms with Gasteiger partial charge in [-0.3, -0.25) is 4.79 Å². The van der Waals surface area contributed by atoms with Gasteiger partial charge in [-0.25, -0.2) is 4.79 Å². The van der Waals surface area contributed by atoms with Crippen molar-refractivity contribution in [3.8, 4) is 0 Å². The number of esters is 1. The number of methoxy groups -OCH3 is 1. The zero-order valence-electron chi connectivity index (χ0n) is 15.5. The highest BCUT2D eigenvalue weighted by Crippen LogP contribution is 2.21. The zero-order chi connectivity index (χ0) is 19.7. The molecule has 1 heterocycles. The standard InChI is InChI=1S/C22H18N2O3S/c1-3-24-18-12-11-15(21(26)27-2)13-19(18)28-22(24)23-20(25)17-10-6-8-14-7-4-5-9-16(14)17/h4-13H,3H2,1-2H3. The van der Waals surface area contributed by atoms with Gasteiger partial charge in [-0.15, -0.1) is 0 Å². The summed E-state index contributed by atoms with van der Waals surface area (Å²) in [5.41, 5.74) is 1.99. The Labute approximate surface area is 165 Å². The number of aromatic nitrogens is 1. The fraction of sp³-hybridized carbons (Fsp3) is 0.136. The average Bonchev–Trinajstić information content (AvgIpc) is 3.08. The van der Waals surface area contributed by atoms with Crippen LogP contribution in [0.2, 0.25) is 0 Å². The predicted octanol–water partition coefficient (Wildman–Crippen LogP) is 4.40. The van der Waals surface area contributed by atoms with Gasteiger partial charge >= 0.3 is 5.97 Å². The van der Waals surface area contributed by atoms with Gasteiger partial charge in [0.25, 0.3) is 5.91 Å². The molecule has 1 aromatic heterocycles. The minimum Gasteiger partial charge on any atom is -0.465 e. The Morgan fingerprint density at radius 1 is 1.07 bits per heavy atom. The van der Waals surface area contributed by atoms with E-state index in [2.05, 4.69) is 4.99 Å². The summed E-state index contributed by atoms with van der Waals surface area (Å²) in [5, 5.41) is 1.89. The molecule has 140 valence electrons. The molecule has 3 aromatic carbocycles. The summed E-state index contributed by atoms with van der Waals surface area (Å²) in [6.45, 7) is 2.67. The number of amides is 1. The fourth-order valence-electron chi connectivity index (χ4n) is 3.27. The van der Waals surface area contributed by atoms with Gasteiger partial charge in [0.2, 0.25) is 0 Å². The molecule has 0 saturated heterocycles. The highest BCUT2D eigenvalue weighted by atomic mass is 32.1. The molecular formula is C22H18N2O3S. The second-order valence-electron chi connectivity index (χ2n) is 6.25. The van der Waals surface area contributed by atoms with Crippen molar-refractivity contribution in [1.29, 1.82) is 0 Å². The van der Waals surface area contributed by atoms with Gasteiger partial charge in [0, 0.05) is 12.1 Å². The lowest BCUT2D eigenvalue weighted by atomic mass is 10.0. The van der Waals surface area contributed by atoms with E-state index >= 15 is 0 Å². The molecule has 0 radical (unpaired) electrons. The lowest BCUT2D eigenvalue weighted by Crippen LogP contribution is -2.16. The Balaban J connectivity index is 1.86. The second kappa shape index (κ2) is 7.40. The molecule has 5 nitrogen and oxygen atoms in total. The van der Waals surface area contributed by atoms with Crippen molar-refractivity contribution in [3.05, 3.63) is 76.6 Å². The molecule has 1 amide bonds. The monoisotopic (exact) mass is 390 g/mol. The molecule has 0 atom stereocenters. The summed E-state index contributed by atoms with van der Waals surface area (Å²) >= 11 is 1.39. The summed E-state index contributed by atoms with van der Waals surface area (Å²) in [6.07, 6.45) is 0. The number of aryl methyl sites for hydroxylation is 1. The van der Waals surface area contributed by atoms with Crippen molar-refractivity contribution in [3.63, 3.8) is 0 Å². The molecule has 0 N–H and O–H groups in total. The maximum atomic E-state index is 12.9. The third-order valence-electron chi connectivity index (χ3n) is 4.64. The van der Waals surface area contributed by atoms with E-state index in [0.29, 0.717) is 22.5 Å². The number of hydrogen-bond donors (Lipinski definition) is 0. The number of nitrogens with zero attached hydrogens (tertiary/aromatic N) is 2. The van der Waals surface area contributed by atoms with Crippen molar-refractivity contribution in [2.45, 2.75) is 13.5 Å². The van der Waals surface area contributed by atoms with Crippen LogP contribution in [0.15, 0.2) is 65.7 Å². The van der Waals surface area contributed by atoms with Gasteiger partial charge in [0.05, 0.1) is 22.9 Å². The third kappa shape index (κ3) is 3.12. The quantitative estimate of drug-likeness (QED) is 0.487. The van der Waals surface area contributed by atoms with E-state index in [9.17, 15) is 9.59 Å². The number of hydrogen-bond acceptors (Lipinski definition) is 4. The fourth-order valence-corrected chi connectivity index (χ4v) is 4.40. The highest BCUT2D eigenvalue weighted by Gasteiger charge is 2.13. The number of carbonyl (C=O) groups excluding carboxylic acids is 2. The normalized spacial score (nSPS) is 11.9. The van der Waals surface area contributed by atoms with Crippen LogP contribution < -0.4 is 4.80 Å². The zero-order valence-corrected chi connectivity index (χ0v) is 16.3. The Bertz CT molecular complexity index is 1280. The van der Waals surface area contributed by atoms with Crippen molar-refractivity contribution in [1.82, 2.24) is 4.57 Å². The van der Waals surface area contributed by atoms with Gasteiger partial charge in [-0.1, -0.05) is 47.7 Å². The van der Waals surface area contributed by atoms with Crippen LogP contribution in [-0.2, 0) is 11.3 Å². The van der Waals surface area contributed by atoms with Crippen molar-refractivity contribution in [2.24, 2.45) is 4.99 Å². The Morgan fingerprint density at radius 2 is 1.86 bits per heavy atom. The van der Waals surface area contributed by atoms with Crippen LogP contribution in [0, 0.1) is 0 Å². The molecule has 4 aromatic rings. The van der Waals surface area contributed by atoms with Gasteiger partial charge < -0.3 is 9.30 Å². The van der Waals surface area contributed by atoms with Gasteiger partial charge in [-0.2, -0.15) is 4.99 Å². The molecule has 0 fully saturated rings. The summed E-state index contributed by atoms with van der Waals surface area (Å²) < 4.78 is 7.65. The minimum atomic E-state index is -0.385. The number of ether oxygens (including phenoxy) is 1. The first kappa shape index (κ1) is 18.1. The molecule has 28 heavy (non-hydrogen) atoms. The van der Waals surface area contributed by atoms with Gasteiger partial charge in [0.1, 0.15) is 0 Å².